The summed E-state index contributed by atoms with van der Waals surface area (Å²) in [4.78, 5) is 24.5. The van der Waals surface area contributed by atoms with E-state index in [1.54, 1.807) is 4.90 Å². The highest BCUT2D eigenvalue weighted by Gasteiger charge is 2.30. The molecule has 0 aliphatic carbocycles. The summed E-state index contributed by atoms with van der Waals surface area (Å²) in [6.07, 6.45) is 0. The maximum absolute atomic E-state index is 11.8. The lowest BCUT2D eigenvalue weighted by atomic mass is 10.0. The number of hydrogen-bond acceptors (Lipinski definition) is 2. The van der Waals surface area contributed by atoms with Gasteiger partial charge in [-0.3, -0.25) is 4.79 Å². The Bertz CT molecular complexity index is 681. The van der Waals surface area contributed by atoms with Crippen molar-refractivity contribution >= 4 is 22.6 Å². The number of Topliss-reactive ketones (excluding diaryl/α,β-unsaturated/α-hetero) is 1. The molecule has 2 amide bonds. The minimum absolute atomic E-state index is 0.000638. The summed E-state index contributed by atoms with van der Waals surface area (Å²) in [6.45, 7) is 2.21. The second-order valence-electron chi connectivity index (χ2n) is 5.19. The number of carbonyl (C=O) groups is 2. The predicted molar refractivity (Wildman–Crippen MR) is 77.5 cm³/mol. The minimum Gasteiger partial charge on any atom is -0.329 e. The molecular formula is C16H16N2O2. The van der Waals surface area contributed by atoms with E-state index in [4.69, 9.17) is 0 Å². The van der Waals surface area contributed by atoms with Crippen molar-refractivity contribution in [3.8, 4) is 0 Å². The van der Waals surface area contributed by atoms with Gasteiger partial charge < -0.3 is 10.2 Å². The molecule has 3 rings (SSSR count). The summed E-state index contributed by atoms with van der Waals surface area (Å²) in [7, 11) is 0. The molecule has 1 atom stereocenters. The van der Waals surface area contributed by atoms with Crippen molar-refractivity contribution < 1.29 is 9.59 Å². The molecular weight excluding hydrogens is 252 g/mol. The summed E-state index contributed by atoms with van der Waals surface area (Å²) in [5.41, 5.74) is 1.07. The number of fused-ring (bicyclic) bond motifs is 1. The number of benzene rings is 2. The van der Waals surface area contributed by atoms with Gasteiger partial charge in [0.15, 0.2) is 0 Å². The summed E-state index contributed by atoms with van der Waals surface area (Å²) >= 11 is 0. The van der Waals surface area contributed by atoms with Crippen molar-refractivity contribution in [2.45, 2.75) is 13.0 Å². The van der Waals surface area contributed by atoms with E-state index < -0.39 is 0 Å². The Morgan fingerprint density at radius 3 is 2.75 bits per heavy atom. The molecule has 0 spiro atoms. The Hall–Kier alpha value is -2.36. The van der Waals surface area contributed by atoms with Gasteiger partial charge in [0.1, 0.15) is 5.78 Å². The molecule has 1 N–H and O–H groups in total. The number of amides is 2. The van der Waals surface area contributed by atoms with E-state index in [1.807, 2.05) is 18.2 Å². The van der Waals surface area contributed by atoms with E-state index in [-0.39, 0.29) is 24.4 Å². The number of carbonyl (C=O) groups excluding carboxylic acids is 2. The summed E-state index contributed by atoms with van der Waals surface area (Å²) in [5.74, 6) is -0.000638. The van der Waals surface area contributed by atoms with Crippen LogP contribution in [0.3, 0.4) is 0 Å². The van der Waals surface area contributed by atoms with Gasteiger partial charge in [-0.1, -0.05) is 36.4 Å². The number of urea groups is 1. The number of hydrogen-bond donors (Lipinski definition) is 1. The van der Waals surface area contributed by atoms with Gasteiger partial charge in [-0.25, -0.2) is 4.79 Å². The maximum Gasteiger partial charge on any atom is 0.318 e. The molecule has 1 saturated heterocycles. The highest BCUT2D eigenvalue weighted by molar-refractivity contribution is 5.86. The normalized spacial score (nSPS) is 18.4. The summed E-state index contributed by atoms with van der Waals surface area (Å²) in [5, 5.41) is 5.26. The van der Waals surface area contributed by atoms with Crippen molar-refractivity contribution in [1.82, 2.24) is 10.2 Å². The van der Waals surface area contributed by atoms with Gasteiger partial charge in [0.25, 0.3) is 0 Å². The first kappa shape index (κ1) is 12.7. The molecule has 2 aromatic carbocycles. The van der Waals surface area contributed by atoms with E-state index in [1.165, 1.54) is 12.3 Å². The number of nitrogens with zero attached hydrogens (tertiary/aromatic N) is 1. The molecule has 20 heavy (non-hydrogen) atoms. The van der Waals surface area contributed by atoms with Crippen LogP contribution in [-0.4, -0.2) is 29.8 Å². The molecule has 4 nitrogen and oxygen atoms in total. The lowest BCUT2D eigenvalue weighted by molar-refractivity contribution is -0.117. The Kier molecular flexibility index (Phi) is 3.14. The Labute approximate surface area is 117 Å². The molecule has 0 aromatic heterocycles. The predicted octanol–water partition coefficient (Wildman–Crippen LogP) is 2.50. The smallest absolute Gasteiger partial charge is 0.318 e. The van der Waals surface area contributed by atoms with Gasteiger partial charge in [0, 0.05) is 6.54 Å². The third-order valence-electron chi connectivity index (χ3n) is 3.58. The van der Waals surface area contributed by atoms with Gasteiger partial charge >= 0.3 is 6.03 Å². The van der Waals surface area contributed by atoms with Crippen LogP contribution in [0.4, 0.5) is 4.79 Å². The van der Waals surface area contributed by atoms with Crippen molar-refractivity contribution in [2.24, 2.45) is 0 Å². The van der Waals surface area contributed by atoms with Gasteiger partial charge in [0.2, 0.25) is 0 Å². The van der Waals surface area contributed by atoms with Crippen molar-refractivity contribution in [3.63, 3.8) is 0 Å². The van der Waals surface area contributed by atoms with Crippen LogP contribution in [-0.2, 0) is 4.79 Å². The molecule has 4 heteroatoms. The van der Waals surface area contributed by atoms with Gasteiger partial charge in [-0.2, -0.15) is 0 Å². The quantitative estimate of drug-likeness (QED) is 0.929. The number of nitrogens with one attached hydrogen (secondary N) is 1. The fraction of sp³-hybridized carbons (Fsp3) is 0.250. The molecule has 0 radical (unpaired) electrons. The molecule has 1 aliphatic heterocycles. The average molecular weight is 268 g/mol. The SMILES string of the molecule is CC(=O)CN1CC(c2ccc3ccccc3c2)NC1=O. The molecule has 1 heterocycles. The van der Waals surface area contributed by atoms with Crippen LogP contribution in [0.5, 0.6) is 0 Å². The molecule has 2 aromatic rings. The topological polar surface area (TPSA) is 49.4 Å². The molecule has 1 fully saturated rings. The summed E-state index contributed by atoms with van der Waals surface area (Å²) in [6, 6.07) is 14.1. The van der Waals surface area contributed by atoms with Gasteiger partial charge in [-0.05, 0) is 29.3 Å². The fourth-order valence-electron chi connectivity index (χ4n) is 2.61. The van der Waals surface area contributed by atoms with Crippen LogP contribution in [0, 0.1) is 0 Å². The van der Waals surface area contributed by atoms with E-state index in [9.17, 15) is 9.59 Å². The van der Waals surface area contributed by atoms with E-state index in [2.05, 4.69) is 29.6 Å². The van der Waals surface area contributed by atoms with Crippen LogP contribution in [0.25, 0.3) is 10.8 Å². The third kappa shape index (κ3) is 2.37. The lowest BCUT2D eigenvalue weighted by Crippen LogP contribution is -2.32. The fourth-order valence-corrected chi connectivity index (χ4v) is 2.61. The molecule has 102 valence electrons. The van der Waals surface area contributed by atoms with E-state index >= 15 is 0 Å². The highest BCUT2D eigenvalue weighted by Crippen LogP contribution is 2.24. The van der Waals surface area contributed by atoms with Gasteiger partial charge in [0.05, 0.1) is 12.6 Å². The second-order valence-corrected chi connectivity index (χ2v) is 5.19. The van der Waals surface area contributed by atoms with Crippen LogP contribution in [0.2, 0.25) is 0 Å². The zero-order chi connectivity index (χ0) is 14.1. The maximum atomic E-state index is 11.8. The van der Waals surface area contributed by atoms with Gasteiger partial charge in [-0.15, -0.1) is 0 Å². The molecule has 0 bridgehead atoms. The largest absolute Gasteiger partial charge is 0.329 e. The third-order valence-corrected chi connectivity index (χ3v) is 3.58. The number of rotatable bonds is 3. The highest BCUT2D eigenvalue weighted by atomic mass is 16.2. The Balaban J connectivity index is 1.85. The van der Waals surface area contributed by atoms with Crippen molar-refractivity contribution in [3.05, 3.63) is 48.0 Å². The molecule has 0 saturated carbocycles. The summed E-state index contributed by atoms with van der Waals surface area (Å²) < 4.78 is 0. The number of ketones is 1. The lowest BCUT2D eigenvalue weighted by Gasteiger charge is -2.13. The minimum atomic E-state index is -0.168. The van der Waals surface area contributed by atoms with E-state index in [0.29, 0.717) is 6.54 Å². The van der Waals surface area contributed by atoms with E-state index in [0.717, 1.165) is 10.9 Å². The second kappa shape index (κ2) is 4.96. The average Bonchev–Trinajstić information content (AvgIpc) is 2.79. The zero-order valence-corrected chi connectivity index (χ0v) is 11.3. The first-order chi connectivity index (χ1) is 9.63. The first-order valence-electron chi connectivity index (χ1n) is 6.67. The Morgan fingerprint density at radius 1 is 1.25 bits per heavy atom. The molecule has 1 aliphatic rings. The monoisotopic (exact) mass is 268 g/mol. The van der Waals surface area contributed by atoms with Crippen molar-refractivity contribution in [1.29, 1.82) is 0 Å². The van der Waals surface area contributed by atoms with Crippen LogP contribution in [0.15, 0.2) is 42.5 Å². The Morgan fingerprint density at radius 2 is 2.00 bits per heavy atom. The standard InChI is InChI=1S/C16H16N2O2/c1-11(19)9-18-10-15(17-16(18)20)14-7-6-12-4-2-3-5-13(12)8-14/h2-8,15H,9-10H2,1H3,(H,17,20). The van der Waals surface area contributed by atoms with Crippen LogP contribution in [0.1, 0.15) is 18.5 Å². The zero-order valence-electron chi connectivity index (χ0n) is 11.3. The van der Waals surface area contributed by atoms with Crippen LogP contribution >= 0.6 is 0 Å². The molecule has 1 unspecified atom stereocenters. The van der Waals surface area contributed by atoms with Crippen molar-refractivity contribution in [2.75, 3.05) is 13.1 Å². The first-order valence-corrected chi connectivity index (χ1v) is 6.67. The van der Waals surface area contributed by atoms with Crippen LogP contribution < -0.4 is 5.32 Å².